The van der Waals surface area contributed by atoms with Crippen LogP contribution in [0.15, 0.2) is 41.2 Å². The number of H-pyrrole nitrogens is 1. The van der Waals surface area contributed by atoms with Gasteiger partial charge in [-0.05, 0) is 66.0 Å². The molecule has 0 saturated carbocycles. The minimum Gasteiger partial charge on any atom is -0.354 e. The molecule has 1 aromatic heterocycles. The van der Waals surface area contributed by atoms with Crippen molar-refractivity contribution in [3.8, 4) is 0 Å². The number of hydrogen-bond donors (Lipinski definition) is 2. The van der Waals surface area contributed by atoms with Crippen molar-refractivity contribution in [3.05, 3.63) is 55.8 Å². The summed E-state index contributed by atoms with van der Waals surface area (Å²) in [6.07, 6.45) is 0. The lowest BCUT2D eigenvalue weighted by Crippen LogP contribution is -2.35. The number of benzene rings is 2. The van der Waals surface area contributed by atoms with Gasteiger partial charge in [0.15, 0.2) is 5.43 Å². The van der Waals surface area contributed by atoms with Crippen LogP contribution in [0.2, 0.25) is 0 Å². The lowest BCUT2D eigenvalue weighted by Gasteiger charge is -2.18. The first kappa shape index (κ1) is 18.8. The minimum atomic E-state index is -0.164. The Balaban J connectivity index is 1.96. The summed E-state index contributed by atoms with van der Waals surface area (Å²) in [5, 5.41) is 4.14. The molecule has 0 aliphatic rings. The SMILES string of the molecule is CCN(CC)CCNC(=O)c1cccc2c(=O)c3cc(I)ccc3[nH]c12. The molecule has 0 fully saturated rings. The van der Waals surface area contributed by atoms with E-state index >= 15 is 0 Å². The second-order valence-electron chi connectivity index (χ2n) is 6.15. The standard InChI is InChI=1S/C20H22IN3O2/c1-3-24(4-2)11-10-22-20(26)15-7-5-6-14-18(15)23-17-9-8-13(21)12-16(17)19(14)25/h5-9,12H,3-4,10-11H2,1-2H3,(H,22,26)(H,23,25). The average molecular weight is 463 g/mol. The molecule has 0 radical (unpaired) electrons. The number of rotatable bonds is 6. The Morgan fingerprint density at radius 3 is 2.65 bits per heavy atom. The summed E-state index contributed by atoms with van der Waals surface area (Å²) in [7, 11) is 0. The molecule has 1 amide bonds. The summed E-state index contributed by atoms with van der Waals surface area (Å²) in [5.41, 5.74) is 1.78. The molecule has 0 aliphatic carbocycles. The fraction of sp³-hybridized carbons (Fsp3) is 0.300. The van der Waals surface area contributed by atoms with Crippen molar-refractivity contribution >= 4 is 50.3 Å². The normalized spacial score (nSPS) is 11.4. The zero-order valence-electron chi connectivity index (χ0n) is 14.9. The molecule has 0 saturated heterocycles. The molecule has 0 spiro atoms. The maximum atomic E-state index is 12.8. The summed E-state index contributed by atoms with van der Waals surface area (Å²) in [4.78, 5) is 31.0. The quantitative estimate of drug-likeness (QED) is 0.436. The van der Waals surface area contributed by atoms with Crippen LogP contribution in [0, 0.1) is 3.57 Å². The number of nitrogens with one attached hydrogen (secondary N) is 2. The van der Waals surface area contributed by atoms with Crippen LogP contribution in [-0.4, -0.2) is 42.0 Å². The molecule has 3 aromatic rings. The number of para-hydroxylation sites is 1. The van der Waals surface area contributed by atoms with Crippen molar-refractivity contribution < 1.29 is 4.79 Å². The molecule has 3 rings (SSSR count). The summed E-state index contributed by atoms with van der Waals surface area (Å²) < 4.78 is 1.00. The highest BCUT2D eigenvalue weighted by molar-refractivity contribution is 14.1. The van der Waals surface area contributed by atoms with E-state index < -0.39 is 0 Å². The highest BCUT2D eigenvalue weighted by Gasteiger charge is 2.14. The summed E-state index contributed by atoms with van der Waals surface area (Å²) in [6.45, 7) is 7.51. The lowest BCUT2D eigenvalue weighted by molar-refractivity contribution is 0.0950. The summed E-state index contributed by atoms with van der Waals surface area (Å²) in [6, 6.07) is 11.0. The van der Waals surface area contributed by atoms with Gasteiger partial charge in [0.25, 0.3) is 5.91 Å². The number of likely N-dealkylation sites (N-methyl/N-ethyl adjacent to an activating group) is 1. The Kier molecular flexibility index (Phi) is 5.93. The topological polar surface area (TPSA) is 65.2 Å². The lowest BCUT2D eigenvalue weighted by atomic mass is 10.1. The molecule has 0 bridgehead atoms. The first-order valence-corrected chi connectivity index (χ1v) is 9.87. The van der Waals surface area contributed by atoms with E-state index in [4.69, 9.17) is 0 Å². The maximum absolute atomic E-state index is 12.8. The summed E-state index contributed by atoms with van der Waals surface area (Å²) in [5.74, 6) is -0.164. The maximum Gasteiger partial charge on any atom is 0.253 e. The fourth-order valence-electron chi connectivity index (χ4n) is 3.12. The van der Waals surface area contributed by atoms with Crippen molar-refractivity contribution in [2.75, 3.05) is 26.2 Å². The number of nitrogens with zero attached hydrogens (tertiary/aromatic N) is 1. The Morgan fingerprint density at radius 2 is 1.92 bits per heavy atom. The van der Waals surface area contributed by atoms with Crippen molar-refractivity contribution in [2.45, 2.75) is 13.8 Å². The number of aromatic nitrogens is 1. The number of carbonyl (C=O) groups excluding carboxylic acids is 1. The van der Waals surface area contributed by atoms with Crippen LogP contribution in [0.25, 0.3) is 21.8 Å². The van der Waals surface area contributed by atoms with E-state index in [2.05, 4.69) is 51.6 Å². The largest absolute Gasteiger partial charge is 0.354 e. The number of carbonyl (C=O) groups is 1. The molecular formula is C20H22IN3O2. The number of halogens is 1. The van der Waals surface area contributed by atoms with E-state index in [0.29, 0.717) is 28.4 Å². The van der Waals surface area contributed by atoms with Crippen LogP contribution in [0.5, 0.6) is 0 Å². The number of amides is 1. The fourth-order valence-corrected chi connectivity index (χ4v) is 3.61. The van der Waals surface area contributed by atoms with E-state index in [-0.39, 0.29) is 11.3 Å². The van der Waals surface area contributed by atoms with Crippen molar-refractivity contribution in [2.24, 2.45) is 0 Å². The van der Waals surface area contributed by atoms with E-state index in [1.54, 1.807) is 18.2 Å². The molecular weight excluding hydrogens is 441 g/mol. The molecule has 0 aliphatic heterocycles. The van der Waals surface area contributed by atoms with E-state index in [1.165, 1.54) is 0 Å². The Bertz CT molecular complexity index is 1010. The third kappa shape index (κ3) is 3.76. The highest BCUT2D eigenvalue weighted by Crippen LogP contribution is 2.20. The van der Waals surface area contributed by atoms with Crippen LogP contribution < -0.4 is 10.7 Å². The molecule has 2 N–H and O–H groups in total. The minimum absolute atomic E-state index is 0.0509. The van der Waals surface area contributed by atoms with Gasteiger partial charge >= 0.3 is 0 Å². The second-order valence-corrected chi connectivity index (χ2v) is 7.40. The first-order valence-electron chi connectivity index (χ1n) is 8.80. The van der Waals surface area contributed by atoms with Crippen LogP contribution >= 0.6 is 22.6 Å². The molecule has 136 valence electrons. The van der Waals surface area contributed by atoms with Crippen LogP contribution in [0.4, 0.5) is 0 Å². The number of pyridine rings is 1. The van der Waals surface area contributed by atoms with E-state index in [1.807, 2.05) is 18.2 Å². The Morgan fingerprint density at radius 1 is 1.15 bits per heavy atom. The van der Waals surface area contributed by atoms with Crippen molar-refractivity contribution in [3.63, 3.8) is 0 Å². The van der Waals surface area contributed by atoms with Gasteiger partial charge in [0, 0.05) is 32.9 Å². The average Bonchev–Trinajstić information content (AvgIpc) is 2.65. The number of aromatic amines is 1. The van der Waals surface area contributed by atoms with Crippen molar-refractivity contribution in [1.29, 1.82) is 0 Å². The molecule has 0 atom stereocenters. The number of hydrogen-bond acceptors (Lipinski definition) is 3. The van der Waals surface area contributed by atoms with E-state index in [0.717, 1.165) is 28.7 Å². The smallest absolute Gasteiger partial charge is 0.253 e. The van der Waals surface area contributed by atoms with Gasteiger partial charge in [-0.3, -0.25) is 9.59 Å². The van der Waals surface area contributed by atoms with Gasteiger partial charge in [0.2, 0.25) is 0 Å². The third-order valence-electron chi connectivity index (χ3n) is 4.65. The van der Waals surface area contributed by atoms with Gasteiger partial charge in [-0.1, -0.05) is 19.9 Å². The number of fused-ring (bicyclic) bond motifs is 2. The van der Waals surface area contributed by atoms with Gasteiger partial charge in [-0.25, -0.2) is 0 Å². The zero-order chi connectivity index (χ0) is 18.7. The van der Waals surface area contributed by atoms with Gasteiger partial charge in [0.05, 0.1) is 11.1 Å². The third-order valence-corrected chi connectivity index (χ3v) is 5.32. The monoisotopic (exact) mass is 463 g/mol. The molecule has 0 unspecified atom stereocenters. The Hall–Kier alpha value is -1.93. The van der Waals surface area contributed by atoms with Crippen LogP contribution in [0.1, 0.15) is 24.2 Å². The molecule has 1 heterocycles. The first-order chi connectivity index (χ1) is 12.5. The summed E-state index contributed by atoms with van der Waals surface area (Å²) >= 11 is 2.19. The van der Waals surface area contributed by atoms with Crippen LogP contribution in [-0.2, 0) is 0 Å². The van der Waals surface area contributed by atoms with Gasteiger partial charge < -0.3 is 15.2 Å². The molecule has 6 heteroatoms. The van der Waals surface area contributed by atoms with Crippen molar-refractivity contribution in [1.82, 2.24) is 15.2 Å². The predicted molar refractivity (Wildman–Crippen MR) is 115 cm³/mol. The molecule has 26 heavy (non-hydrogen) atoms. The highest BCUT2D eigenvalue weighted by atomic mass is 127. The predicted octanol–water partition coefficient (Wildman–Crippen LogP) is 3.36. The van der Waals surface area contributed by atoms with E-state index in [9.17, 15) is 9.59 Å². The zero-order valence-corrected chi connectivity index (χ0v) is 17.1. The van der Waals surface area contributed by atoms with Gasteiger partial charge in [0.1, 0.15) is 0 Å². The molecule has 2 aromatic carbocycles. The van der Waals surface area contributed by atoms with Crippen LogP contribution in [0.3, 0.4) is 0 Å². The van der Waals surface area contributed by atoms with Gasteiger partial charge in [-0.15, -0.1) is 0 Å². The van der Waals surface area contributed by atoms with Gasteiger partial charge in [-0.2, -0.15) is 0 Å². The Labute approximate surface area is 165 Å². The second kappa shape index (κ2) is 8.18. The molecule has 5 nitrogen and oxygen atoms in total.